The Morgan fingerprint density at radius 1 is 1.42 bits per heavy atom. The summed E-state index contributed by atoms with van der Waals surface area (Å²) in [6.07, 6.45) is 0.965. The molecule has 24 heavy (non-hydrogen) atoms. The van der Waals surface area contributed by atoms with E-state index in [0.29, 0.717) is 23.7 Å². The highest BCUT2D eigenvalue weighted by Gasteiger charge is 2.39. The van der Waals surface area contributed by atoms with Crippen molar-refractivity contribution in [3.05, 3.63) is 23.8 Å². The molecule has 1 aliphatic rings. The summed E-state index contributed by atoms with van der Waals surface area (Å²) < 4.78 is 36.3. The van der Waals surface area contributed by atoms with Crippen LogP contribution in [0.5, 0.6) is 11.5 Å². The molecule has 0 saturated carbocycles. The van der Waals surface area contributed by atoms with E-state index in [4.69, 9.17) is 25.9 Å². The van der Waals surface area contributed by atoms with Crippen LogP contribution in [-0.2, 0) is 20.4 Å². The quantitative estimate of drug-likeness (QED) is 0.684. The van der Waals surface area contributed by atoms with Gasteiger partial charge in [0, 0.05) is 12.0 Å². The smallest absolute Gasteiger partial charge is 0.199 e. The Hall–Kier alpha value is -1.47. The van der Waals surface area contributed by atoms with Gasteiger partial charge in [-0.05, 0) is 19.4 Å². The van der Waals surface area contributed by atoms with Gasteiger partial charge in [0.1, 0.15) is 0 Å². The van der Waals surface area contributed by atoms with Crippen LogP contribution in [-0.4, -0.2) is 38.7 Å². The zero-order valence-corrected chi connectivity index (χ0v) is 15.6. The number of ether oxygens (including phenoxy) is 2. The van der Waals surface area contributed by atoms with Crippen LogP contribution < -0.4 is 9.47 Å². The third-order valence-corrected chi connectivity index (χ3v) is 5.80. The minimum Gasteiger partial charge on any atom is -0.493 e. The first-order chi connectivity index (χ1) is 11.3. The van der Waals surface area contributed by atoms with Crippen LogP contribution in [0.2, 0.25) is 0 Å². The van der Waals surface area contributed by atoms with E-state index in [-0.39, 0.29) is 23.1 Å². The molecule has 8 heteroatoms. The summed E-state index contributed by atoms with van der Waals surface area (Å²) in [6, 6.07) is 5.18. The van der Waals surface area contributed by atoms with E-state index in [1.165, 1.54) is 7.11 Å². The molecular formula is C16H22ClNO5S. The van der Waals surface area contributed by atoms with Crippen molar-refractivity contribution in [3.8, 4) is 11.5 Å². The molecule has 1 aliphatic heterocycles. The lowest BCUT2D eigenvalue weighted by Crippen LogP contribution is -2.28. The Bertz CT molecular complexity index is 719. The largest absolute Gasteiger partial charge is 0.493 e. The van der Waals surface area contributed by atoms with Crippen molar-refractivity contribution < 1.29 is 22.7 Å². The predicted molar refractivity (Wildman–Crippen MR) is 93.7 cm³/mol. The van der Waals surface area contributed by atoms with E-state index in [9.17, 15) is 8.42 Å². The van der Waals surface area contributed by atoms with E-state index >= 15 is 0 Å². The van der Waals surface area contributed by atoms with Gasteiger partial charge in [-0.3, -0.25) is 0 Å². The number of halogens is 1. The molecule has 1 aromatic carbocycles. The molecule has 0 bridgehead atoms. The van der Waals surface area contributed by atoms with Gasteiger partial charge in [0.05, 0.1) is 25.3 Å². The number of nitrogens with zero attached hydrogens (tertiary/aromatic N) is 1. The number of hydrogen-bond acceptors (Lipinski definition) is 6. The molecule has 0 fully saturated rings. The van der Waals surface area contributed by atoms with Crippen molar-refractivity contribution in [1.82, 2.24) is 0 Å². The summed E-state index contributed by atoms with van der Waals surface area (Å²) in [6.45, 7) is 4.18. The second-order valence-electron chi connectivity index (χ2n) is 5.89. The maximum Gasteiger partial charge on any atom is 0.199 e. The van der Waals surface area contributed by atoms with Crippen molar-refractivity contribution in [3.63, 3.8) is 0 Å². The molecular weight excluding hydrogens is 354 g/mol. The zero-order valence-electron chi connectivity index (χ0n) is 14.0. The average molecular weight is 376 g/mol. The molecule has 134 valence electrons. The molecule has 1 unspecified atom stereocenters. The minimum absolute atomic E-state index is 0.00918. The Kier molecular flexibility index (Phi) is 5.98. The predicted octanol–water partition coefficient (Wildman–Crippen LogP) is 3.13. The highest BCUT2D eigenvalue weighted by Crippen LogP contribution is 2.34. The van der Waals surface area contributed by atoms with E-state index in [2.05, 4.69) is 5.16 Å². The molecule has 0 N–H and O–H groups in total. The lowest BCUT2D eigenvalue weighted by Gasteiger charge is -2.17. The number of rotatable bonds is 7. The van der Waals surface area contributed by atoms with Crippen LogP contribution in [0.25, 0.3) is 0 Å². The summed E-state index contributed by atoms with van der Waals surface area (Å²) in [7, 11) is -2.11. The topological polar surface area (TPSA) is 74.2 Å². The van der Waals surface area contributed by atoms with Gasteiger partial charge >= 0.3 is 0 Å². The molecule has 0 radical (unpaired) electrons. The van der Waals surface area contributed by atoms with Gasteiger partial charge in [0.25, 0.3) is 0 Å². The zero-order chi connectivity index (χ0) is 17.8. The van der Waals surface area contributed by atoms with Gasteiger partial charge < -0.3 is 14.3 Å². The summed E-state index contributed by atoms with van der Waals surface area (Å²) in [4.78, 5) is 5.19. The number of sulfone groups is 1. The minimum atomic E-state index is -3.64. The van der Waals surface area contributed by atoms with Crippen molar-refractivity contribution in [2.24, 2.45) is 5.16 Å². The number of para-hydroxylation sites is 1. The normalized spacial score (nSPS) is 20.4. The number of alkyl halides is 1. The van der Waals surface area contributed by atoms with Crippen LogP contribution in [0.3, 0.4) is 0 Å². The first-order valence-corrected chi connectivity index (χ1v) is 9.86. The maximum atomic E-state index is 12.7. The molecule has 1 aromatic rings. The van der Waals surface area contributed by atoms with Gasteiger partial charge in [-0.15, -0.1) is 11.6 Å². The maximum absolute atomic E-state index is 12.7. The van der Waals surface area contributed by atoms with E-state index in [1.54, 1.807) is 25.1 Å². The second kappa shape index (κ2) is 7.61. The van der Waals surface area contributed by atoms with Gasteiger partial charge in [-0.2, -0.15) is 0 Å². The van der Waals surface area contributed by atoms with Crippen LogP contribution in [0, 0.1) is 0 Å². The highest BCUT2D eigenvalue weighted by atomic mass is 35.5. The highest BCUT2D eigenvalue weighted by molar-refractivity contribution is 8.05. The lowest BCUT2D eigenvalue weighted by molar-refractivity contribution is 0.0152. The fourth-order valence-corrected chi connectivity index (χ4v) is 3.90. The van der Waals surface area contributed by atoms with Crippen molar-refractivity contribution in [2.45, 2.75) is 38.0 Å². The van der Waals surface area contributed by atoms with Crippen molar-refractivity contribution in [2.75, 3.05) is 19.6 Å². The third kappa shape index (κ3) is 4.13. The van der Waals surface area contributed by atoms with Crippen LogP contribution in [0.15, 0.2) is 23.4 Å². The summed E-state index contributed by atoms with van der Waals surface area (Å²) in [5, 5.41) is 3.74. The molecule has 0 spiro atoms. The fraction of sp³-hybridized carbons (Fsp3) is 0.562. The Morgan fingerprint density at radius 3 is 2.75 bits per heavy atom. The van der Waals surface area contributed by atoms with Crippen LogP contribution in [0.1, 0.15) is 32.3 Å². The van der Waals surface area contributed by atoms with E-state index < -0.39 is 15.4 Å². The number of hydrogen-bond donors (Lipinski definition) is 0. The molecule has 0 aliphatic carbocycles. The summed E-state index contributed by atoms with van der Waals surface area (Å²) in [5.74, 6) is 0.889. The summed E-state index contributed by atoms with van der Waals surface area (Å²) >= 11 is 5.82. The number of methoxy groups -OCH3 is 1. The molecule has 6 nitrogen and oxygen atoms in total. The first kappa shape index (κ1) is 18.9. The average Bonchev–Trinajstić information content (AvgIpc) is 2.97. The van der Waals surface area contributed by atoms with Crippen molar-refractivity contribution in [1.29, 1.82) is 0 Å². The SMILES string of the molecule is CCCOc1c(CS(=O)(=O)C2=NOC(C)(CCl)C2)cccc1OC. The van der Waals surface area contributed by atoms with Gasteiger partial charge in [0.2, 0.25) is 0 Å². The Balaban J connectivity index is 2.27. The molecule has 2 rings (SSSR count). The molecule has 0 amide bonds. The standard InChI is InChI=1S/C16H22ClNO5S/c1-4-8-22-15-12(6-5-7-13(15)21-3)10-24(19,20)14-9-16(2,11-17)23-18-14/h5-7H,4,8-11H2,1-3H3. The Labute approximate surface area is 147 Å². The monoisotopic (exact) mass is 375 g/mol. The van der Waals surface area contributed by atoms with Crippen molar-refractivity contribution >= 4 is 26.5 Å². The Morgan fingerprint density at radius 2 is 2.17 bits per heavy atom. The lowest BCUT2D eigenvalue weighted by atomic mass is 10.1. The van der Waals surface area contributed by atoms with Crippen LogP contribution in [0.4, 0.5) is 0 Å². The molecule has 1 heterocycles. The van der Waals surface area contributed by atoms with E-state index in [1.807, 2.05) is 6.92 Å². The molecule has 1 atom stereocenters. The second-order valence-corrected chi connectivity index (χ2v) is 8.15. The number of benzene rings is 1. The molecule has 0 saturated heterocycles. The first-order valence-electron chi connectivity index (χ1n) is 7.67. The molecule has 0 aromatic heterocycles. The van der Waals surface area contributed by atoms with Gasteiger partial charge in [-0.1, -0.05) is 24.2 Å². The third-order valence-electron chi connectivity index (χ3n) is 3.61. The van der Waals surface area contributed by atoms with E-state index in [0.717, 1.165) is 6.42 Å². The fourth-order valence-electron chi connectivity index (χ4n) is 2.28. The van der Waals surface area contributed by atoms with Gasteiger partial charge in [-0.25, -0.2) is 8.42 Å². The number of oxime groups is 1. The van der Waals surface area contributed by atoms with Crippen LogP contribution >= 0.6 is 11.6 Å². The summed E-state index contributed by atoms with van der Waals surface area (Å²) in [5.41, 5.74) is -0.246. The van der Waals surface area contributed by atoms with Gasteiger partial charge in [0.15, 0.2) is 32.0 Å².